The number of rotatable bonds is 3. The fourth-order valence-corrected chi connectivity index (χ4v) is 4.75. The number of carbonyl (C=O) groups excluding carboxylic acids is 1. The van der Waals surface area contributed by atoms with Crippen molar-refractivity contribution in [3.63, 3.8) is 0 Å². The Labute approximate surface area is 148 Å². The quantitative estimate of drug-likeness (QED) is 0.911. The van der Waals surface area contributed by atoms with Gasteiger partial charge in [0, 0.05) is 49.1 Å². The van der Waals surface area contributed by atoms with E-state index in [1.165, 1.54) is 4.88 Å². The van der Waals surface area contributed by atoms with Crippen LogP contribution in [0.1, 0.15) is 24.6 Å². The zero-order valence-electron chi connectivity index (χ0n) is 14.4. The van der Waals surface area contributed by atoms with E-state index in [0.29, 0.717) is 25.1 Å². The average molecular weight is 350 g/mol. The summed E-state index contributed by atoms with van der Waals surface area (Å²) in [5.41, 5.74) is 0.0641. The summed E-state index contributed by atoms with van der Waals surface area (Å²) in [6.07, 6.45) is 2.26. The van der Waals surface area contributed by atoms with Crippen molar-refractivity contribution in [1.29, 1.82) is 0 Å². The molecule has 5 nitrogen and oxygen atoms in total. The fraction of sp³-hybridized carbons (Fsp3) is 0.722. The molecule has 0 aromatic carbocycles. The third-order valence-corrected chi connectivity index (χ3v) is 6.53. The van der Waals surface area contributed by atoms with Crippen LogP contribution in [0.5, 0.6) is 0 Å². The highest BCUT2D eigenvalue weighted by Gasteiger charge is 2.47. The molecule has 1 spiro atoms. The highest BCUT2D eigenvalue weighted by Crippen LogP contribution is 2.39. The van der Waals surface area contributed by atoms with Crippen LogP contribution in [0.25, 0.3) is 0 Å². The van der Waals surface area contributed by atoms with Crippen LogP contribution in [0.15, 0.2) is 17.5 Å². The van der Waals surface area contributed by atoms with E-state index in [9.17, 15) is 4.79 Å². The molecular formula is C18H27N3O2S. The molecule has 1 aromatic rings. The second-order valence-electron chi connectivity index (χ2n) is 7.71. The van der Waals surface area contributed by atoms with Crippen molar-refractivity contribution in [1.82, 2.24) is 15.1 Å². The lowest BCUT2D eigenvalue weighted by Gasteiger charge is -2.35. The van der Waals surface area contributed by atoms with Gasteiger partial charge in [0.2, 0.25) is 0 Å². The highest BCUT2D eigenvalue weighted by molar-refractivity contribution is 7.09. The standard InChI is InChI=1S/C18H27N3O2S/c1-14-9-20(10-16-3-2-8-24-16)11-18(14)12-21(6-7-23-13-18)17(22)19-15-4-5-15/h2-3,8,14-15H,4-7,9-13H2,1H3,(H,19,22)/t14-,18+/m0/s1. The monoisotopic (exact) mass is 349 g/mol. The molecule has 1 N–H and O–H groups in total. The molecule has 24 heavy (non-hydrogen) atoms. The molecule has 2 amide bonds. The largest absolute Gasteiger partial charge is 0.379 e. The first-order chi connectivity index (χ1) is 11.6. The summed E-state index contributed by atoms with van der Waals surface area (Å²) in [6.45, 7) is 8.36. The Morgan fingerprint density at radius 3 is 3.08 bits per heavy atom. The average Bonchev–Trinajstić information content (AvgIpc) is 3.19. The molecule has 0 radical (unpaired) electrons. The topological polar surface area (TPSA) is 44.8 Å². The van der Waals surface area contributed by atoms with Gasteiger partial charge in [-0.1, -0.05) is 13.0 Å². The van der Waals surface area contributed by atoms with E-state index in [1.54, 1.807) is 0 Å². The highest BCUT2D eigenvalue weighted by atomic mass is 32.1. The number of carbonyl (C=O) groups is 1. The number of amides is 2. The second kappa shape index (κ2) is 6.65. The van der Waals surface area contributed by atoms with Crippen LogP contribution < -0.4 is 5.32 Å². The van der Waals surface area contributed by atoms with Gasteiger partial charge in [0.15, 0.2) is 0 Å². The van der Waals surface area contributed by atoms with Gasteiger partial charge in [-0.25, -0.2) is 4.79 Å². The molecule has 3 fully saturated rings. The normalized spacial score (nSPS) is 31.4. The minimum Gasteiger partial charge on any atom is -0.379 e. The molecule has 2 saturated heterocycles. The van der Waals surface area contributed by atoms with Gasteiger partial charge in [-0.2, -0.15) is 0 Å². The maximum absolute atomic E-state index is 12.5. The summed E-state index contributed by atoms with van der Waals surface area (Å²) in [5, 5.41) is 5.28. The van der Waals surface area contributed by atoms with E-state index in [1.807, 2.05) is 16.2 Å². The van der Waals surface area contributed by atoms with Gasteiger partial charge in [0.25, 0.3) is 0 Å². The summed E-state index contributed by atoms with van der Waals surface area (Å²) < 4.78 is 5.94. The smallest absolute Gasteiger partial charge is 0.317 e. The minimum absolute atomic E-state index is 0.0641. The lowest BCUT2D eigenvalue weighted by atomic mass is 9.79. The summed E-state index contributed by atoms with van der Waals surface area (Å²) in [7, 11) is 0. The summed E-state index contributed by atoms with van der Waals surface area (Å²) >= 11 is 1.82. The predicted octanol–water partition coefficient (Wildman–Crippen LogP) is 2.39. The molecular weight excluding hydrogens is 322 g/mol. The van der Waals surface area contributed by atoms with Crippen LogP contribution >= 0.6 is 11.3 Å². The van der Waals surface area contributed by atoms with Crippen molar-refractivity contribution in [2.75, 3.05) is 39.4 Å². The minimum atomic E-state index is 0.0641. The maximum Gasteiger partial charge on any atom is 0.317 e. The summed E-state index contributed by atoms with van der Waals surface area (Å²) in [6, 6.07) is 4.84. The van der Waals surface area contributed by atoms with E-state index in [-0.39, 0.29) is 11.4 Å². The third kappa shape index (κ3) is 3.46. The van der Waals surface area contributed by atoms with Crippen LogP contribution in [0.3, 0.4) is 0 Å². The first kappa shape index (κ1) is 16.4. The van der Waals surface area contributed by atoms with Crippen LogP contribution in [-0.2, 0) is 11.3 Å². The van der Waals surface area contributed by atoms with Crippen LogP contribution in [-0.4, -0.2) is 61.3 Å². The molecule has 3 heterocycles. The first-order valence-electron chi connectivity index (χ1n) is 9.03. The van der Waals surface area contributed by atoms with Gasteiger partial charge >= 0.3 is 6.03 Å². The molecule has 1 aromatic heterocycles. The van der Waals surface area contributed by atoms with Crippen LogP contribution in [0.4, 0.5) is 4.79 Å². The van der Waals surface area contributed by atoms with Gasteiger partial charge in [-0.15, -0.1) is 11.3 Å². The summed E-state index contributed by atoms with van der Waals surface area (Å²) in [4.78, 5) is 18.5. The third-order valence-electron chi connectivity index (χ3n) is 5.67. The molecule has 132 valence electrons. The van der Waals surface area contributed by atoms with E-state index in [0.717, 1.165) is 45.6 Å². The second-order valence-corrected chi connectivity index (χ2v) is 8.74. The number of ether oxygens (including phenoxy) is 1. The maximum atomic E-state index is 12.5. The van der Waals surface area contributed by atoms with Crippen molar-refractivity contribution >= 4 is 17.4 Å². The Kier molecular flexibility index (Phi) is 4.54. The number of nitrogens with zero attached hydrogens (tertiary/aromatic N) is 2. The molecule has 0 unspecified atom stereocenters. The van der Waals surface area contributed by atoms with Gasteiger partial charge in [-0.05, 0) is 30.2 Å². The van der Waals surface area contributed by atoms with E-state index in [2.05, 4.69) is 34.7 Å². The van der Waals surface area contributed by atoms with Gasteiger partial charge in [0.1, 0.15) is 0 Å². The SMILES string of the molecule is C[C@H]1CN(Cc2cccs2)C[C@@]12COCCN(C(=O)NC1CC1)C2. The van der Waals surface area contributed by atoms with Gasteiger partial charge < -0.3 is 15.0 Å². The van der Waals surface area contributed by atoms with Crippen molar-refractivity contribution in [2.45, 2.75) is 32.4 Å². The molecule has 6 heteroatoms. The van der Waals surface area contributed by atoms with E-state index >= 15 is 0 Å². The van der Waals surface area contributed by atoms with Crippen LogP contribution in [0.2, 0.25) is 0 Å². The molecule has 0 bridgehead atoms. The lowest BCUT2D eigenvalue weighted by molar-refractivity contribution is 0.0518. The number of nitrogens with one attached hydrogen (secondary N) is 1. The van der Waals surface area contributed by atoms with Gasteiger partial charge in [0.05, 0.1) is 13.2 Å². The van der Waals surface area contributed by atoms with Crippen molar-refractivity contribution in [3.05, 3.63) is 22.4 Å². The number of thiophene rings is 1. The van der Waals surface area contributed by atoms with Crippen molar-refractivity contribution in [3.8, 4) is 0 Å². The molecule has 3 aliphatic rings. The predicted molar refractivity (Wildman–Crippen MR) is 95.1 cm³/mol. The van der Waals surface area contributed by atoms with E-state index in [4.69, 9.17) is 4.74 Å². The Hall–Kier alpha value is -1.11. The Balaban J connectivity index is 1.44. The Morgan fingerprint density at radius 2 is 2.33 bits per heavy atom. The Bertz CT molecular complexity index is 575. The summed E-state index contributed by atoms with van der Waals surface area (Å²) in [5.74, 6) is 0.534. The number of likely N-dealkylation sites (tertiary alicyclic amines) is 1. The zero-order chi connectivity index (χ0) is 16.6. The van der Waals surface area contributed by atoms with Gasteiger partial charge in [-0.3, -0.25) is 4.90 Å². The van der Waals surface area contributed by atoms with Crippen molar-refractivity contribution in [2.24, 2.45) is 11.3 Å². The molecule has 4 rings (SSSR count). The van der Waals surface area contributed by atoms with Crippen molar-refractivity contribution < 1.29 is 9.53 Å². The molecule has 2 aliphatic heterocycles. The number of urea groups is 1. The lowest BCUT2D eigenvalue weighted by Crippen LogP contribution is -2.49. The number of hydrogen-bond acceptors (Lipinski definition) is 4. The Morgan fingerprint density at radius 1 is 1.46 bits per heavy atom. The van der Waals surface area contributed by atoms with Crippen LogP contribution in [0, 0.1) is 11.3 Å². The zero-order valence-corrected chi connectivity index (χ0v) is 15.2. The molecule has 2 atom stereocenters. The van der Waals surface area contributed by atoms with E-state index < -0.39 is 0 Å². The molecule has 1 saturated carbocycles. The first-order valence-corrected chi connectivity index (χ1v) is 9.90. The fourth-order valence-electron chi connectivity index (χ4n) is 4.01. The molecule has 1 aliphatic carbocycles. The number of hydrogen-bond donors (Lipinski definition) is 1.